The fourth-order valence-corrected chi connectivity index (χ4v) is 5.45. The molecule has 5 rings (SSSR count). The van der Waals surface area contributed by atoms with Gasteiger partial charge < -0.3 is 9.80 Å². The highest BCUT2D eigenvalue weighted by Gasteiger charge is 2.29. The van der Waals surface area contributed by atoms with Crippen molar-refractivity contribution < 1.29 is 9.59 Å². The van der Waals surface area contributed by atoms with Gasteiger partial charge in [-0.25, -0.2) is 4.98 Å². The normalized spacial score (nSPS) is 21.3. The molecule has 0 bridgehead atoms. The summed E-state index contributed by atoms with van der Waals surface area (Å²) in [5, 5.41) is 0.857. The number of pyridine rings is 2. The van der Waals surface area contributed by atoms with Gasteiger partial charge in [0.15, 0.2) is 0 Å². The minimum absolute atomic E-state index is 0.0124. The number of carbonyl (C=O) groups is 2. The molecule has 2 aromatic heterocycles. The topological polar surface area (TPSA) is 69.6 Å². The largest absolute Gasteiger partial charge is 0.341 e. The number of piperidine rings is 1. The van der Waals surface area contributed by atoms with Gasteiger partial charge in [-0.2, -0.15) is 0 Å². The van der Waals surface area contributed by atoms with Crippen LogP contribution in [0.3, 0.4) is 0 Å². The van der Waals surface area contributed by atoms with E-state index in [9.17, 15) is 9.59 Å². The molecule has 0 unspecified atom stereocenters. The predicted molar refractivity (Wildman–Crippen MR) is 137 cm³/mol. The van der Waals surface area contributed by atoms with Crippen molar-refractivity contribution in [2.24, 2.45) is 11.8 Å². The van der Waals surface area contributed by atoms with Crippen molar-refractivity contribution in [2.75, 3.05) is 45.8 Å². The highest BCUT2D eigenvalue weighted by molar-refractivity contribution is 6.07. The van der Waals surface area contributed by atoms with Gasteiger partial charge in [0, 0.05) is 62.6 Å². The van der Waals surface area contributed by atoms with Crippen molar-refractivity contribution >= 4 is 22.7 Å². The van der Waals surface area contributed by atoms with Crippen LogP contribution in [0.1, 0.15) is 30.6 Å². The molecule has 1 aromatic carbocycles. The SMILES string of the molecule is C[C@@H]1C[C@H](C)CN(C(=O)CN2CCN(C(=O)c3cc(-c4cccnc4)nc4ccccc34)CC2)C1. The van der Waals surface area contributed by atoms with E-state index in [2.05, 4.69) is 23.7 Å². The van der Waals surface area contributed by atoms with Gasteiger partial charge in [-0.05, 0) is 42.5 Å². The Labute approximate surface area is 206 Å². The summed E-state index contributed by atoms with van der Waals surface area (Å²) in [7, 11) is 0. The van der Waals surface area contributed by atoms with Crippen molar-refractivity contribution in [1.82, 2.24) is 24.7 Å². The lowest BCUT2D eigenvalue weighted by atomic mass is 9.92. The number of carbonyl (C=O) groups excluding carboxylic acids is 2. The first-order valence-electron chi connectivity index (χ1n) is 12.6. The fourth-order valence-electron chi connectivity index (χ4n) is 5.45. The Balaban J connectivity index is 1.28. The summed E-state index contributed by atoms with van der Waals surface area (Å²) in [6.45, 7) is 9.22. The lowest BCUT2D eigenvalue weighted by molar-refractivity contribution is -0.135. The maximum atomic E-state index is 13.6. The maximum absolute atomic E-state index is 13.6. The molecule has 2 amide bonds. The second-order valence-corrected chi connectivity index (χ2v) is 10.1. The van der Waals surface area contributed by atoms with Crippen molar-refractivity contribution in [1.29, 1.82) is 0 Å². The maximum Gasteiger partial charge on any atom is 0.254 e. The summed E-state index contributed by atoms with van der Waals surface area (Å²) in [4.78, 5) is 41.6. The van der Waals surface area contributed by atoms with Gasteiger partial charge in [0.2, 0.25) is 5.91 Å². The van der Waals surface area contributed by atoms with E-state index in [1.807, 2.05) is 52.3 Å². The molecule has 182 valence electrons. The van der Waals surface area contributed by atoms with E-state index in [0.717, 1.165) is 35.2 Å². The van der Waals surface area contributed by atoms with E-state index in [4.69, 9.17) is 4.98 Å². The zero-order valence-electron chi connectivity index (χ0n) is 20.6. The van der Waals surface area contributed by atoms with E-state index in [-0.39, 0.29) is 11.8 Å². The Hall–Kier alpha value is -3.32. The van der Waals surface area contributed by atoms with E-state index < -0.39 is 0 Å². The smallest absolute Gasteiger partial charge is 0.254 e. The second kappa shape index (κ2) is 10.1. The van der Waals surface area contributed by atoms with Crippen LogP contribution in [0.25, 0.3) is 22.2 Å². The molecule has 0 saturated carbocycles. The first-order chi connectivity index (χ1) is 17.0. The molecule has 4 heterocycles. The van der Waals surface area contributed by atoms with Gasteiger partial charge in [-0.1, -0.05) is 32.0 Å². The van der Waals surface area contributed by atoms with E-state index in [0.29, 0.717) is 50.1 Å². The Morgan fingerprint density at radius 2 is 1.69 bits per heavy atom. The summed E-state index contributed by atoms with van der Waals surface area (Å²) in [6, 6.07) is 13.5. The molecule has 2 aliphatic heterocycles. The lowest BCUT2D eigenvalue weighted by Gasteiger charge is -2.38. The number of hydrogen-bond donors (Lipinski definition) is 0. The number of benzene rings is 1. The number of nitrogens with zero attached hydrogens (tertiary/aromatic N) is 5. The van der Waals surface area contributed by atoms with E-state index >= 15 is 0 Å². The second-order valence-electron chi connectivity index (χ2n) is 10.1. The van der Waals surface area contributed by atoms with Gasteiger partial charge in [0.05, 0.1) is 23.3 Å². The van der Waals surface area contributed by atoms with Crippen molar-refractivity contribution in [2.45, 2.75) is 20.3 Å². The minimum atomic E-state index is 0.0124. The summed E-state index contributed by atoms with van der Waals surface area (Å²) in [5.41, 5.74) is 3.09. The molecule has 3 aromatic rings. The number of piperazine rings is 1. The molecule has 35 heavy (non-hydrogen) atoms. The molecule has 0 aliphatic carbocycles. The molecule has 2 fully saturated rings. The average Bonchev–Trinajstić information content (AvgIpc) is 2.88. The molecule has 2 aliphatic rings. The van der Waals surface area contributed by atoms with Crippen LogP contribution in [0, 0.1) is 11.8 Å². The van der Waals surface area contributed by atoms with Crippen LogP contribution >= 0.6 is 0 Å². The molecular weight excluding hydrogens is 438 g/mol. The Morgan fingerprint density at radius 3 is 2.40 bits per heavy atom. The number of amides is 2. The molecule has 0 spiro atoms. The van der Waals surface area contributed by atoms with Crippen LogP contribution in [0.5, 0.6) is 0 Å². The summed E-state index contributed by atoms with van der Waals surface area (Å²) < 4.78 is 0. The quantitative estimate of drug-likeness (QED) is 0.582. The number of rotatable bonds is 4. The number of para-hydroxylation sites is 1. The average molecular weight is 472 g/mol. The predicted octanol–water partition coefficient (Wildman–Crippen LogP) is 3.56. The monoisotopic (exact) mass is 471 g/mol. The van der Waals surface area contributed by atoms with Crippen molar-refractivity contribution in [3.63, 3.8) is 0 Å². The van der Waals surface area contributed by atoms with Crippen LogP contribution < -0.4 is 0 Å². The number of hydrogen-bond acceptors (Lipinski definition) is 5. The van der Waals surface area contributed by atoms with Crippen LogP contribution in [-0.4, -0.2) is 82.3 Å². The van der Waals surface area contributed by atoms with Crippen molar-refractivity contribution in [3.8, 4) is 11.3 Å². The minimum Gasteiger partial charge on any atom is -0.341 e. The molecule has 2 saturated heterocycles. The first-order valence-corrected chi connectivity index (χ1v) is 12.6. The number of likely N-dealkylation sites (tertiary alicyclic amines) is 1. The molecule has 0 radical (unpaired) electrons. The Kier molecular flexibility index (Phi) is 6.77. The number of fused-ring (bicyclic) bond motifs is 1. The standard InChI is InChI=1S/C28H33N5O2/c1-20-14-21(2)18-33(17-20)27(34)19-31-10-12-32(13-11-31)28(35)24-15-26(22-6-5-9-29-16-22)30-25-8-4-3-7-23(24)25/h3-9,15-16,20-21H,10-14,17-19H2,1-2H3/t20-,21+. The van der Waals surface area contributed by atoms with E-state index in [1.165, 1.54) is 6.42 Å². The Bertz CT molecular complexity index is 1200. The fraction of sp³-hybridized carbons (Fsp3) is 0.429. The van der Waals surface area contributed by atoms with Gasteiger partial charge in [-0.3, -0.25) is 19.5 Å². The molecule has 7 heteroatoms. The zero-order valence-corrected chi connectivity index (χ0v) is 20.6. The van der Waals surface area contributed by atoms with Crippen molar-refractivity contribution in [3.05, 3.63) is 60.4 Å². The summed E-state index contributed by atoms with van der Waals surface area (Å²) in [5.74, 6) is 1.34. The Morgan fingerprint density at radius 1 is 0.943 bits per heavy atom. The molecule has 2 atom stereocenters. The molecule has 0 N–H and O–H groups in total. The molecule has 7 nitrogen and oxygen atoms in total. The zero-order chi connectivity index (χ0) is 24.4. The number of aromatic nitrogens is 2. The van der Waals surface area contributed by atoms with Crippen LogP contribution in [0.4, 0.5) is 0 Å². The van der Waals surface area contributed by atoms with Gasteiger partial charge >= 0.3 is 0 Å². The molecular formula is C28H33N5O2. The third-order valence-corrected chi connectivity index (χ3v) is 7.14. The van der Waals surface area contributed by atoms with Gasteiger partial charge in [-0.15, -0.1) is 0 Å². The van der Waals surface area contributed by atoms with E-state index in [1.54, 1.807) is 12.4 Å². The highest BCUT2D eigenvalue weighted by atomic mass is 16.2. The first kappa shape index (κ1) is 23.4. The highest BCUT2D eigenvalue weighted by Crippen LogP contribution is 2.26. The third-order valence-electron chi connectivity index (χ3n) is 7.14. The van der Waals surface area contributed by atoms with Crippen LogP contribution in [0.15, 0.2) is 54.9 Å². The van der Waals surface area contributed by atoms with Gasteiger partial charge in [0.25, 0.3) is 5.91 Å². The van der Waals surface area contributed by atoms with Gasteiger partial charge in [0.1, 0.15) is 0 Å². The summed E-state index contributed by atoms with van der Waals surface area (Å²) in [6.07, 6.45) is 4.69. The summed E-state index contributed by atoms with van der Waals surface area (Å²) >= 11 is 0. The third kappa shape index (κ3) is 5.20. The van der Waals surface area contributed by atoms with Crippen LogP contribution in [0.2, 0.25) is 0 Å². The van der Waals surface area contributed by atoms with Crippen LogP contribution in [-0.2, 0) is 4.79 Å². The lowest BCUT2D eigenvalue weighted by Crippen LogP contribution is -2.53.